The lowest BCUT2D eigenvalue weighted by atomic mass is 10.6. The first-order valence-electron chi connectivity index (χ1n) is 3.20. The minimum Gasteiger partial charge on any atom is -0.329 e. The summed E-state index contributed by atoms with van der Waals surface area (Å²) < 4.78 is 4.45. The molecule has 0 bridgehead atoms. The average molecular weight is 157 g/mol. The van der Waals surface area contributed by atoms with Gasteiger partial charge in [0.25, 0.3) is 0 Å². The highest BCUT2D eigenvalue weighted by atomic mass is 32.2. The van der Waals surface area contributed by atoms with Gasteiger partial charge in [0.15, 0.2) is 5.82 Å². The van der Waals surface area contributed by atoms with Crippen molar-refractivity contribution in [1.29, 1.82) is 0 Å². The third-order valence-electron chi connectivity index (χ3n) is 0.946. The van der Waals surface area contributed by atoms with Gasteiger partial charge in [-0.05, 0) is 12.2 Å². The topological polar surface area (TPSA) is 38.9 Å². The second-order valence-electron chi connectivity index (χ2n) is 1.85. The summed E-state index contributed by atoms with van der Waals surface area (Å²) in [5.41, 5.74) is 0. The molecule has 3 nitrogen and oxygen atoms in total. The summed E-state index contributed by atoms with van der Waals surface area (Å²) in [5.74, 6) is 2.72. The van der Waals surface area contributed by atoms with Gasteiger partial charge in [0.2, 0.25) is 0 Å². The Morgan fingerprint density at radius 2 is 2.60 bits per heavy atom. The zero-order valence-corrected chi connectivity index (χ0v) is 6.65. The number of hydrogen-bond donors (Lipinski definition) is 0. The molecular formula is C6H9N2OS. The summed E-state index contributed by atoms with van der Waals surface area (Å²) in [6.45, 7) is 2.15. The van der Waals surface area contributed by atoms with Crippen LogP contribution < -0.4 is 0 Å². The molecule has 0 unspecified atom stereocenters. The minimum absolute atomic E-state index is 0.735. The van der Waals surface area contributed by atoms with Crippen LogP contribution in [-0.2, 0) is 5.75 Å². The van der Waals surface area contributed by atoms with Crippen molar-refractivity contribution in [1.82, 2.24) is 10.1 Å². The van der Waals surface area contributed by atoms with Crippen molar-refractivity contribution in [3.8, 4) is 0 Å². The van der Waals surface area contributed by atoms with E-state index in [1.54, 1.807) is 11.8 Å². The van der Waals surface area contributed by atoms with Crippen LogP contribution in [-0.4, -0.2) is 15.9 Å². The molecule has 0 aliphatic heterocycles. The fraction of sp³-hybridized carbons (Fsp3) is 0.667. The van der Waals surface area contributed by atoms with E-state index in [0.29, 0.717) is 0 Å². The maximum atomic E-state index is 4.45. The molecule has 0 spiro atoms. The number of aromatic nitrogens is 2. The van der Waals surface area contributed by atoms with E-state index in [2.05, 4.69) is 28.0 Å². The van der Waals surface area contributed by atoms with E-state index < -0.39 is 0 Å². The first-order chi connectivity index (χ1) is 4.93. The van der Waals surface area contributed by atoms with Crippen LogP contribution in [0.4, 0.5) is 0 Å². The molecule has 4 heteroatoms. The highest BCUT2D eigenvalue weighted by molar-refractivity contribution is 7.98. The van der Waals surface area contributed by atoms with Gasteiger partial charge in [-0.25, -0.2) is 0 Å². The Hall–Kier alpha value is -0.510. The lowest BCUT2D eigenvalue weighted by Gasteiger charge is -1.91. The lowest BCUT2D eigenvalue weighted by molar-refractivity contribution is 0.405. The molecule has 0 fully saturated rings. The van der Waals surface area contributed by atoms with E-state index in [9.17, 15) is 0 Å². The van der Waals surface area contributed by atoms with E-state index in [0.717, 1.165) is 17.3 Å². The smallest absolute Gasteiger partial charge is 0.316 e. The van der Waals surface area contributed by atoms with Crippen molar-refractivity contribution in [3.05, 3.63) is 12.2 Å². The molecule has 0 atom stereocenters. The van der Waals surface area contributed by atoms with Crippen LogP contribution in [0.2, 0.25) is 0 Å². The summed E-state index contributed by atoms with van der Waals surface area (Å²) in [7, 11) is 0. The maximum Gasteiger partial charge on any atom is 0.316 e. The SMILES string of the molecule is CCCSCc1n[c]on1. The van der Waals surface area contributed by atoms with Gasteiger partial charge in [0, 0.05) is 0 Å². The van der Waals surface area contributed by atoms with E-state index in [4.69, 9.17) is 0 Å². The van der Waals surface area contributed by atoms with E-state index in [1.165, 1.54) is 6.42 Å². The third-order valence-corrected chi connectivity index (χ3v) is 2.11. The largest absolute Gasteiger partial charge is 0.329 e. The predicted molar refractivity (Wildman–Crippen MR) is 39.6 cm³/mol. The molecular weight excluding hydrogens is 148 g/mol. The first-order valence-corrected chi connectivity index (χ1v) is 4.35. The minimum atomic E-state index is 0.735. The van der Waals surface area contributed by atoms with Crippen LogP contribution in [0, 0.1) is 6.39 Å². The quantitative estimate of drug-likeness (QED) is 0.621. The normalized spacial score (nSPS) is 10.1. The second-order valence-corrected chi connectivity index (χ2v) is 2.96. The highest BCUT2D eigenvalue weighted by Crippen LogP contribution is 2.07. The molecule has 0 saturated carbocycles. The van der Waals surface area contributed by atoms with Gasteiger partial charge in [-0.15, -0.1) is 0 Å². The van der Waals surface area contributed by atoms with Crippen LogP contribution in [0.3, 0.4) is 0 Å². The summed E-state index contributed by atoms with van der Waals surface area (Å²) in [5, 5.41) is 3.63. The standard InChI is InChI=1S/C6H9N2OS/c1-2-3-10-4-6-7-5-9-8-6/h2-4H2,1H3. The van der Waals surface area contributed by atoms with Crippen LogP contribution >= 0.6 is 11.8 Å². The summed E-state index contributed by atoms with van der Waals surface area (Å²) >= 11 is 1.81. The van der Waals surface area contributed by atoms with Gasteiger partial charge in [-0.2, -0.15) is 16.7 Å². The second kappa shape index (κ2) is 4.33. The fourth-order valence-corrected chi connectivity index (χ4v) is 1.27. The molecule has 1 aromatic heterocycles. The molecule has 1 rings (SSSR count). The van der Waals surface area contributed by atoms with Crippen molar-refractivity contribution >= 4 is 11.8 Å². The Bertz CT molecular complexity index is 164. The Balaban J connectivity index is 2.15. The van der Waals surface area contributed by atoms with Gasteiger partial charge >= 0.3 is 6.39 Å². The molecule has 55 valence electrons. The zero-order chi connectivity index (χ0) is 7.23. The molecule has 0 aliphatic rings. The molecule has 1 heterocycles. The highest BCUT2D eigenvalue weighted by Gasteiger charge is 1.96. The molecule has 0 N–H and O–H groups in total. The maximum absolute atomic E-state index is 4.45. The monoisotopic (exact) mass is 157 g/mol. The first kappa shape index (κ1) is 7.60. The van der Waals surface area contributed by atoms with Gasteiger partial charge in [0.1, 0.15) is 0 Å². The Kier molecular flexibility index (Phi) is 3.29. The average Bonchev–Trinajstić information content (AvgIpc) is 2.41. The third kappa shape index (κ3) is 2.39. The molecule has 1 radical (unpaired) electrons. The Labute approximate surface area is 64.2 Å². The van der Waals surface area contributed by atoms with Crippen molar-refractivity contribution in [2.45, 2.75) is 19.1 Å². The van der Waals surface area contributed by atoms with E-state index in [-0.39, 0.29) is 0 Å². The Morgan fingerprint density at radius 3 is 3.20 bits per heavy atom. The van der Waals surface area contributed by atoms with Crippen molar-refractivity contribution in [2.75, 3.05) is 5.75 Å². The lowest BCUT2D eigenvalue weighted by Crippen LogP contribution is -1.83. The molecule has 0 aromatic carbocycles. The van der Waals surface area contributed by atoms with Crippen molar-refractivity contribution in [2.24, 2.45) is 0 Å². The molecule has 1 aromatic rings. The fourth-order valence-electron chi connectivity index (χ4n) is 0.533. The number of rotatable bonds is 4. The van der Waals surface area contributed by atoms with Gasteiger partial charge in [-0.1, -0.05) is 12.1 Å². The van der Waals surface area contributed by atoms with Crippen molar-refractivity contribution < 1.29 is 4.52 Å². The van der Waals surface area contributed by atoms with Crippen LogP contribution in [0.15, 0.2) is 4.52 Å². The number of nitrogens with zero attached hydrogens (tertiary/aromatic N) is 2. The van der Waals surface area contributed by atoms with Crippen LogP contribution in [0.1, 0.15) is 19.2 Å². The molecule has 0 aliphatic carbocycles. The van der Waals surface area contributed by atoms with Gasteiger partial charge < -0.3 is 4.52 Å². The van der Waals surface area contributed by atoms with Crippen molar-refractivity contribution in [3.63, 3.8) is 0 Å². The van der Waals surface area contributed by atoms with Gasteiger partial charge in [0.05, 0.1) is 5.75 Å². The molecule has 0 amide bonds. The molecule has 0 saturated heterocycles. The number of thioether (sulfide) groups is 1. The van der Waals surface area contributed by atoms with E-state index in [1.807, 2.05) is 0 Å². The van der Waals surface area contributed by atoms with Crippen LogP contribution in [0.5, 0.6) is 0 Å². The summed E-state index contributed by atoms with van der Waals surface area (Å²) in [4.78, 5) is 3.76. The van der Waals surface area contributed by atoms with E-state index >= 15 is 0 Å². The molecule has 10 heavy (non-hydrogen) atoms. The van der Waals surface area contributed by atoms with Crippen LogP contribution in [0.25, 0.3) is 0 Å². The zero-order valence-electron chi connectivity index (χ0n) is 5.83. The van der Waals surface area contributed by atoms with Gasteiger partial charge in [-0.3, -0.25) is 0 Å². The summed E-state index contributed by atoms with van der Waals surface area (Å²) in [6.07, 6.45) is 3.49. The summed E-state index contributed by atoms with van der Waals surface area (Å²) in [6, 6.07) is 0. The number of hydrogen-bond acceptors (Lipinski definition) is 4. The predicted octanol–water partition coefficient (Wildman–Crippen LogP) is 1.51. The Morgan fingerprint density at radius 1 is 1.70 bits per heavy atom.